The Morgan fingerprint density at radius 2 is 1.51 bits per heavy atom. The molecule has 0 fully saturated rings. The molecule has 0 saturated carbocycles. The van der Waals surface area contributed by atoms with Crippen LogP contribution in [0.15, 0.2) is 108 Å². The van der Waals surface area contributed by atoms with Crippen molar-refractivity contribution in [2.24, 2.45) is 26.2 Å². The van der Waals surface area contributed by atoms with Gasteiger partial charge in [0.15, 0.2) is 0 Å². The van der Waals surface area contributed by atoms with Crippen LogP contribution in [0.2, 0.25) is 5.28 Å². The number of carbonyl (C=O) groups is 1. The van der Waals surface area contributed by atoms with Gasteiger partial charge in [0.25, 0.3) is 5.91 Å². The van der Waals surface area contributed by atoms with Crippen molar-refractivity contribution in [1.82, 2.24) is 15.0 Å². The fraction of sp³-hybridized carbons (Fsp3) is 0.0357. The van der Waals surface area contributed by atoms with Crippen molar-refractivity contribution < 1.29 is 154 Å². The smallest absolute Gasteiger partial charge is 1.00 e. The van der Waals surface area contributed by atoms with Crippen molar-refractivity contribution in [1.29, 1.82) is 0 Å². The van der Waals surface area contributed by atoms with Gasteiger partial charge in [-0.25, -0.2) is 21.4 Å². The van der Waals surface area contributed by atoms with E-state index in [0.717, 1.165) is 12.1 Å². The normalized spacial score (nSPS) is 11.2. The van der Waals surface area contributed by atoms with E-state index in [1.165, 1.54) is 59.4 Å². The zero-order valence-electron chi connectivity index (χ0n) is 31.4. The van der Waals surface area contributed by atoms with Gasteiger partial charge in [-0.3, -0.25) is 9.83 Å². The molecule has 5 aromatic rings. The summed E-state index contributed by atoms with van der Waals surface area (Å²) < 4.78 is 88.2. The van der Waals surface area contributed by atoms with Crippen LogP contribution in [0.3, 0.4) is 0 Å². The number of pyridine rings is 1. The molecule has 0 bridgehead atoms. The van der Waals surface area contributed by atoms with Gasteiger partial charge in [-0.05, 0) is 70.1 Å². The van der Waals surface area contributed by atoms with Crippen LogP contribution in [0.4, 0.5) is 48.6 Å². The summed E-state index contributed by atoms with van der Waals surface area (Å²) in [6.07, 6.45) is 2.89. The van der Waals surface area contributed by atoms with Crippen LogP contribution < -0.4 is 133 Å². The van der Waals surface area contributed by atoms with Crippen molar-refractivity contribution in [2.75, 3.05) is 21.7 Å². The molecule has 310 valence electrons. The first-order valence-electron chi connectivity index (χ1n) is 14.5. The molecule has 0 aliphatic heterocycles. The molecule has 0 unspecified atom stereocenters. The van der Waals surface area contributed by atoms with E-state index in [9.17, 15) is 38.9 Å². The Morgan fingerprint density at radius 3 is 2.11 bits per heavy atom. The summed E-state index contributed by atoms with van der Waals surface area (Å²) in [6, 6.07) is 12.5. The molecule has 2 aromatic heterocycles. The van der Waals surface area contributed by atoms with Crippen LogP contribution >= 0.6 is 58.7 Å². The molecular formula is C28H22Cl2FI2N12Na3O10S3. The van der Waals surface area contributed by atoms with Crippen LogP contribution in [0.1, 0.15) is 10.4 Å². The summed E-state index contributed by atoms with van der Waals surface area (Å²) in [7, 11) is -10.3. The first kappa shape index (κ1) is 59.9. The zero-order valence-corrected chi connectivity index (χ0v) is 45.7. The molecule has 2 heterocycles. The summed E-state index contributed by atoms with van der Waals surface area (Å²) in [5.74, 6) is -0.801. The molecule has 33 heteroatoms. The standard InChI is InChI=1S/C27H21ClN12O10S3.CH3FI2.ClH.3Na/c28-25-33-26(35-27(34-25)40-9-3-4-13(12-40)24(31)41)32-14-7-8-18(51-50-49-42)16(10-14)37-39-23-21(29)17(11-20(22(23)30)53(46,47)48)38-36-15-5-1-2-6-19(15)52(43,44)45;1-4(2)3;;;;/h1-12H,(H9-,29,30,31,32,33,34,35,36,37,41,42,43,44,45,46,47,48);1H3;1H;;;/q;;;3*+1/p-3. The summed E-state index contributed by atoms with van der Waals surface area (Å²) >= 11 is 6.56. The summed E-state index contributed by atoms with van der Waals surface area (Å²) in [5, 5.41) is 32.0. The molecule has 3 aromatic carbocycles. The number of nitrogens with zero attached hydrogens (tertiary/aromatic N) is 8. The second-order valence-electron chi connectivity index (χ2n) is 10.3. The molecule has 7 N–H and O–H groups in total. The Balaban J connectivity index is 0.00000431. The number of benzene rings is 3. The maximum absolute atomic E-state index is 12.1. The van der Waals surface area contributed by atoms with E-state index in [-0.39, 0.29) is 140 Å². The van der Waals surface area contributed by atoms with Crippen LogP contribution in [0.5, 0.6) is 0 Å². The second kappa shape index (κ2) is 27.4. The van der Waals surface area contributed by atoms with Crippen LogP contribution in [0.25, 0.3) is 5.95 Å². The molecule has 1 amide bonds. The first-order valence-corrected chi connectivity index (χ1v) is 27.7. The Hall–Kier alpha value is -1.09. The fourth-order valence-corrected chi connectivity index (χ4v) is 6.00. The molecule has 0 spiro atoms. The molecule has 5 rings (SSSR count). The van der Waals surface area contributed by atoms with Gasteiger partial charge in [-0.15, -0.1) is 20.5 Å². The van der Waals surface area contributed by atoms with Crippen LogP contribution in [-0.4, -0.2) is 51.7 Å². The number of nitrogens with two attached hydrogens (primary N) is 3. The number of anilines is 4. The van der Waals surface area contributed by atoms with Crippen molar-refractivity contribution in [3.8, 4) is 5.95 Å². The SMILES string of the molecule is CI(F)I.NC(=O)c1ccc[n+](-c2nc(Cl)nc(Nc3ccc(SOO[O-])c(N=Nc4c(N)c(N=Nc5ccccc5S(=O)(=O)[O-])cc(S(=O)(=O)[O-])c4N)c3)n2)c1.[Cl-].[Na+].[Na+].[Na+]. The number of aromatic nitrogens is 4. The summed E-state index contributed by atoms with van der Waals surface area (Å²) in [6.45, 7) is 0. The van der Waals surface area contributed by atoms with Gasteiger partial charge in [0, 0.05) is 5.69 Å². The second-order valence-corrected chi connectivity index (χ2v) is 23.6. The number of amides is 1. The summed E-state index contributed by atoms with van der Waals surface area (Å²) in [5.41, 5.74) is 15.0. The van der Waals surface area contributed by atoms with E-state index in [1.54, 1.807) is 4.93 Å². The predicted octanol–water partition coefficient (Wildman–Crippen LogP) is -6.95. The average molecular weight is 1200 g/mol. The topological polar surface area (TPSA) is 355 Å². The van der Waals surface area contributed by atoms with E-state index >= 15 is 0 Å². The van der Waals surface area contributed by atoms with Gasteiger partial charge in [0.1, 0.15) is 43.0 Å². The van der Waals surface area contributed by atoms with Crippen molar-refractivity contribution in [3.05, 3.63) is 83.9 Å². The number of hydrogen-bond acceptors (Lipinski definition) is 21. The minimum absolute atomic E-state index is 0. The van der Waals surface area contributed by atoms with Crippen LogP contribution in [-0.2, 0) is 29.6 Å². The summed E-state index contributed by atoms with van der Waals surface area (Å²) in [4.78, 5) is 23.9. The van der Waals surface area contributed by atoms with Gasteiger partial charge in [-0.1, -0.05) is 12.1 Å². The Morgan fingerprint density at radius 1 is 0.902 bits per heavy atom. The number of hydrogen-bond donors (Lipinski definition) is 4. The maximum Gasteiger partial charge on any atom is 1.00 e. The monoisotopic (exact) mass is 1190 g/mol. The van der Waals surface area contributed by atoms with Gasteiger partial charge < -0.3 is 49.3 Å². The number of primary amides is 1. The van der Waals surface area contributed by atoms with Crippen molar-refractivity contribution >= 4 is 131 Å². The minimum Gasteiger partial charge on any atom is -1.00 e. The molecule has 0 radical (unpaired) electrons. The molecule has 0 aliphatic rings. The number of azo groups is 2. The number of rotatable bonds is 13. The van der Waals surface area contributed by atoms with E-state index in [2.05, 4.69) is 50.1 Å². The van der Waals surface area contributed by atoms with Crippen molar-refractivity contribution in [3.63, 3.8) is 0 Å². The Bertz CT molecular complexity index is 2620. The van der Waals surface area contributed by atoms with E-state index in [4.69, 9.17) is 28.8 Å². The molecule has 0 saturated heterocycles. The molecular weight excluding hydrogens is 1170 g/mol. The predicted molar refractivity (Wildman–Crippen MR) is 214 cm³/mol. The average Bonchev–Trinajstić information content (AvgIpc) is 3.13. The van der Waals surface area contributed by atoms with Crippen molar-refractivity contribution in [2.45, 2.75) is 14.7 Å². The number of alkyl halides is 1. The van der Waals surface area contributed by atoms with Gasteiger partial charge in [0.05, 0.1) is 56.1 Å². The Labute approximate surface area is 445 Å². The quantitative estimate of drug-likeness (QED) is 0.00813. The van der Waals surface area contributed by atoms with Gasteiger partial charge in [-0.2, -0.15) is 9.32 Å². The third kappa shape index (κ3) is 18.0. The first-order chi connectivity index (χ1) is 26.8. The third-order valence-corrected chi connectivity index (χ3v) is 9.10. The van der Waals surface area contributed by atoms with E-state index in [1.807, 2.05) is 18.6 Å². The fourth-order valence-electron chi connectivity index (χ4n) is 4.20. The maximum atomic E-state index is 12.1. The van der Waals surface area contributed by atoms with Gasteiger partial charge >= 0.3 is 149 Å². The molecule has 0 atom stereocenters. The largest absolute Gasteiger partial charge is 1.00 e. The molecule has 0 aliphatic carbocycles. The number of nitrogen functional groups attached to an aromatic ring is 2. The van der Waals surface area contributed by atoms with Gasteiger partial charge in [0.2, 0.25) is 0 Å². The zero-order chi connectivity index (χ0) is 42.1. The van der Waals surface area contributed by atoms with E-state index in [0.29, 0.717) is 18.1 Å². The number of carbonyl (C=O) groups excluding carboxylic acids is 1. The van der Waals surface area contributed by atoms with Crippen LogP contribution in [0, 0.1) is 0 Å². The number of nitrogens with one attached hydrogen (secondary N) is 1. The van der Waals surface area contributed by atoms with E-state index < -0.39 is 80.8 Å². The molecule has 22 nitrogen and oxygen atoms in total. The Kier molecular flexibility index (Phi) is 26.9. The number of halogens is 5. The third-order valence-electron chi connectivity index (χ3n) is 6.53. The minimum atomic E-state index is -5.31. The molecule has 61 heavy (non-hydrogen) atoms.